The van der Waals surface area contributed by atoms with E-state index in [9.17, 15) is 4.79 Å². The highest BCUT2D eigenvalue weighted by Crippen LogP contribution is 2.26. The lowest BCUT2D eigenvalue weighted by Gasteiger charge is -2.23. The fourth-order valence-corrected chi connectivity index (χ4v) is 1.76. The first kappa shape index (κ1) is 16.4. The van der Waals surface area contributed by atoms with Gasteiger partial charge >= 0.3 is 5.97 Å². The molecule has 0 heterocycles. The topological polar surface area (TPSA) is 52.3 Å². The fourth-order valence-electron chi connectivity index (χ4n) is 1.76. The average Bonchev–Trinajstić information content (AvgIpc) is 2.28. The Morgan fingerprint density at radius 2 is 1.82 bits per heavy atom. The second kappa shape index (κ2) is 8.51. The van der Waals surface area contributed by atoms with E-state index < -0.39 is 0 Å². The first-order chi connectivity index (χ1) is 7.95. The summed E-state index contributed by atoms with van der Waals surface area (Å²) >= 11 is 0. The monoisotopic (exact) mass is 243 g/mol. The molecule has 17 heavy (non-hydrogen) atoms. The van der Waals surface area contributed by atoms with Crippen molar-refractivity contribution in [2.75, 3.05) is 13.2 Å². The predicted molar refractivity (Wildman–Crippen MR) is 71.7 cm³/mol. The largest absolute Gasteiger partial charge is 0.465 e. The molecule has 0 fully saturated rings. The minimum Gasteiger partial charge on any atom is -0.465 e. The lowest BCUT2D eigenvalue weighted by molar-refractivity contribution is -0.145. The Labute approximate surface area is 106 Å². The minimum absolute atomic E-state index is 0.0676. The molecule has 0 aromatic heterocycles. The molecule has 0 rings (SSSR count). The van der Waals surface area contributed by atoms with Crippen LogP contribution >= 0.6 is 0 Å². The Bertz CT molecular complexity index is 210. The van der Waals surface area contributed by atoms with E-state index in [2.05, 4.69) is 27.7 Å². The van der Waals surface area contributed by atoms with E-state index in [1.807, 2.05) is 0 Å². The molecule has 0 aliphatic rings. The molecule has 0 amide bonds. The highest BCUT2D eigenvalue weighted by molar-refractivity contribution is 5.69. The molecule has 0 atom stereocenters. The zero-order chi connectivity index (χ0) is 13.3. The molecule has 0 bridgehead atoms. The van der Waals surface area contributed by atoms with Gasteiger partial charge in [-0.1, -0.05) is 40.5 Å². The number of carbonyl (C=O) groups is 1. The van der Waals surface area contributed by atoms with Crippen molar-refractivity contribution >= 4 is 5.97 Å². The molecule has 0 unspecified atom stereocenters. The van der Waals surface area contributed by atoms with Gasteiger partial charge in [0.2, 0.25) is 0 Å². The SMILES string of the molecule is CCC(CC)COC(=O)CCC(C)(C)CCN. The Morgan fingerprint density at radius 3 is 2.29 bits per heavy atom. The van der Waals surface area contributed by atoms with Gasteiger partial charge in [0.05, 0.1) is 6.61 Å². The lowest BCUT2D eigenvalue weighted by atomic mass is 9.84. The van der Waals surface area contributed by atoms with E-state index in [1.54, 1.807) is 0 Å². The van der Waals surface area contributed by atoms with Crippen LogP contribution in [-0.2, 0) is 9.53 Å². The summed E-state index contributed by atoms with van der Waals surface area (Å²) in [4.78, 5) is 11.6. The normalized spacial score (nSPS) is 11.9. The van der Waals surface area contributed by atoms with E-state index in [0.717, 1.165) is 25.7 Å². The van der Waals surface area contributed by atoms with Crippen molar-refractivity contribution in [2.45, 2.75) is 59.8 Å². The zero-order valence-electron chi connectivity index (χ0n) is 11.9. The van der Waals surface area contributed by atoms with Gasteiger partial charge in [-0.05, 0) is 30.7 Å². The third-order valence-corrected chi connectivity index (χ3v) is 3.46. The van der Waals surface area contributed by atoms with Gasteiger partial charge in [0.25, 0.3) is 0 Å². The van der Waals surface area contributed by atoms with Crippen LogP contribution in [0.5, 0.6) is 0 Å². The number of hydrogen-bond acceptors (Lipinski definition) is 3. The summed E-state index contributed by atoms with van der Waals surface area (Å²) in [5.74, 6) is 0.443. The lowest BCUT2D eigenvalue weighted by Crippen LogP contribution is -2.20. The van der Waals surface area contributed by atoms with Crippen molar-refractivity contribution in [1.29, 1.82) is 0 Å². The van der Waals surface area contributed by atoms with E-state index in [0.29, 0.717) is 25.5 Å². The van der Waals surface area contributed by atoms with Gasteiger partial charge in [-0.15, -0.1) is 0 Å². The number of nitrogens with two attached hydrogens (primary N) is 1. The molecule has 0 aliphatic carbocycles. The maximum absolute atomic E-state index is 11.6. The molecule has 2 N–H and O–H groups in total. The van der Waals surface area contributed by atoms with Crippen molar-refractivity contribution in [3.05, 3.63) is 0 Å². The summed E-state index contributed by atoms with van der Waals surface area (Å²) in [5.41, 5.74) is 5.68. The molecule has 102 valence electrons. The molecular weight excluding hydrogens is 214 g/mol. The first-order valence-corrected chi connectivity index (χ1v) is 6.80. The van der Waals surface area contributed by atoms with Gasteiger partial charge in [0, 0.05) is 6.42 Å². The quantitative estimate of drug-likeness (QED) is 0.633. The van der Waals surface area contributed by atoms with Crippen LogP contribution in [0.25, 0.3) is 0 Å². The molecule has 0 spiro atoms. The van der Waals surface area contributed by atoms with Gasteiger partial charge in [0.15, 0.2) is 0 Å². The molecule has 0 aliphatic heterocycles. The van der Waals surface area contributed by atoms with Crippen LogP contribution in [0.3, 0.4) is 0 Å². The summed E-state index contributed by atoms with van der Waals surface area (Å²) < 4.78 is 5.29. The van der Waals surface area contributed by atoms with Crippen LogP contribution in [0.4, 0.5) is 0 Å². The second-order valence-electron chi connectivity index (χ2n) is 5.57. The molecule has 0 saturated carbocycles. The van der Waals surface area contributed by atoms with Gasteiger partial charge < -0.3 is 10.5 Å². The van der Waals surface area contributed by atoms with Crippen molar-refractivity contribution in [3.8, 4) is 0 Å². The van der Waals surface area contributed by atoms with Crippen molar-refractivity contribution in [3.63, 3.8) is 0 Å². The Balaban J connectivity index is 3.79. The third-order valence-electron chi connectivity index (χ3n) is 3.46. The van der Waals surface area contributed by atoms with E-state index in [4.69, 9.17) is 10.5 Å². The zero-order valence-corrected chi connectivity index (χ0v) is 11.9. The number of hydrogen-bond donors (Lipinski definition) is 1. The smallest absolute Gasteiger partial charge is 0.305 e. The first-order valence-electron chi connectivity index (χ1n) is 6.80. The Hall–Kier alpha value is -0.570. The third kappa shape index (κ3) is 8.19. The maximum Gasteiger partial charge on any atom is 0.305 e. The van der Waals surface area contributed by atoms with Crippen LogP contribution in [0.2, 0.25) is 0 Å². The standard InChI is InChI=1S/C14H29NO2/c1-5-12(6-2)11-17-13(16)7-8-14(3,4)9-10-15/h12H,5-11,15H2,1-4H3. The summed E-state index contributed by atoms with van der Waals surface area (Å²) in [5, 5.41) is 0. The maximum atomic E-state index is 11.6. The summed E-state index contributed by atoms with van der Waals surface area (Å²) in [7, 11) is 0. The number of esters is 1. The van der Waals surface area contributed by atoms with Gasteiger partial charge in [-0.2, -0.15) is 0 Å². The van der Waals surface area contributed by atoms with Gasteiger partial charge in [-0.3, -0.25) is 4.79 Å². The molecular formula is C14H29NO2. The summed E-state index contributed by atoms with van der Waals surface area (Å²) in [6.45, 7) is 9.81. The number of ether oxygens (including phenoxy) is 1. The summed E-state index contributed by atoms with van der Waals surface area (Å²) in [6, 6.07) is 0. The predicted octanol–water partition coefficient (Wildman–Crippen LogP) is 3.12. The van der Waals surface area contributed by atoms with Crippen LogP contribution in [-0.4, -0.2) is 19.1 Å². The summed E-state index contributed by atoms with van der Waals surface area (Å²) in [6.07, 6.45) is 4.46. The van der Waals surface area contributed by atoms with Crippen LogP contribution < -0.4 is 5.73 Å². The fraction of sp³-hybridized carbons (Fsp3) is 0.929. The van der Waals surface area contributed by atoms with Crippen LogP contribution in [0, 0.1) is 11.3 Å². The highest BCUT2D eigenvalue weighted by atomic mass is 16.5. The van der Waals surface area contributed by atoms with Crippen LogP contribution in [0.1, 0.15) is 59.8 Å². The number of rotatable bonds is 9. The highest BCUT2D eigenvalue weighted by Gasteiger charge is 2.19. The molecule has 3 nitrogen and oxygen atoms in total. The molecule has 0 radical (unpaired) electrons. The van der Waals surface area contributed by atoms with Crippen molar-refractivity contribution < 1.29 is 9.53 Å². The Morgan fingerprint density at radius 1 is 1.24 bits per heavy atom. The minimum atomic E-state index is -0.0676. The average molecular weight is 243 g/mol. The molecule has 3 heteroatoms. The van der Waals surface area contributed by atoms with E-state index in [1.165, 1.54) is 0 Å². The van der Waals surface area contributed by atoms with Crippen LogP contribution in [0.15, 0.2) is 0 Å². The number of carbonyl (C=O) groups excluding carboxylic acids is 1. The van der Waals surface area contributed by atoms with E-state index >= 15 is 0 Å². The second-order valence-corrected chi connectivity index (χ2v) is 5.57. The van der Waals surface area contributed by atoms with Crippen molar-refractivity contribution in [1.82, 2.24) is 0 Å². The Kier molecular flexibility index (Phi) is 8.23. The molecule has 0 aromatic rings. The van der Waals surface area contributed by atoms with Gasteiger partial charge in [-0.25, -0.2) is 0 Å². The molecule has 0 saturated heterocycles. The van der Waals surface area contributed by atoms with Crippen molar-refractivity contribution in [2.24, 2.45) is 17.1 Å². The van der Waals surface area contributed by atoms with E-state index in [-0.39, 0.29) is 11.4 Å². The molecule has 0 aromatic carbocycles. The van der Waals surface area contributed by atoms with Gasteiger partial charge in [0.1, 0.15) is 0 Å².